The largest absolute Gasteiger partial charge is 0.370 e. The van der Waals surface area contributed by atoms with E-state index in [0.717, 1.165) is 34.6 Å². The fourth-order valence-electron chi connectivity index (χ4n) is 2.11. The van der Waals surface area contributed by atoms with Gasteiger partial charge in [0, 0.05) is 41.8 Å². The molecule has 4 heteroatoms. The summed E-state index contributed by atoms with van der Waals surface area (Å²) in [7, 11) is 0. The van der Waals surface area contributed by atoms with Crippen LogP contribution in [0.5, 0.6) is 0 Å². The summed E-state index contributed by atoms with van der Waals surface area (Å²) in [6, 6.07) is 14.1. The number of hydrogen-bond acceptors (Lipinski definition) is 4. The number of pyridine rings is 2. The SMILES string of the molecule is CCNc1cc(Nc2ccc3ncccc3c2)ccn1. The molecule has 0 spiro atoms. The van der Waals surface area contributed by atoms with Gasteiger partial charge in [0.05, 0.1) is 5.52 Å². The van der Waals surface area contributed by atoms with E-state index in [4.69, 9.17) is 0 Å². The Bertz CT molecular complexity index is 724. The Balaban J connectivity index is 1.87. The van der Waals surface area contributed by atoms with Gasteiger partial charge in [0.25, 0.3) is 0 Å². The van der Waals surface area contributed by atoms with Gasteiger partial charge in [0.1, 0.15) is 5.82 Å². The van der Waals surface area contributed by atoms with Crippen molar-refractivity contribution in [1.29, 1.82) is 0 Å². The predicted molar refractivity (Wildman–Crippen MR) is 83.4 cm³/mol. The number of nitrogens with one attached hydrogen (secondary N) is 2. The van der Waals surface area contributed by atoms with E-state index in [1.807, 2.05) is 30.3 Å². The molecule has 0 fully saturated rings. The first-order valence-corrected chi connectivity index (χ1v) is 6.67. The second-order valence-electron chi connectivity index (χ2n) is 4.50. The summed E-state index contributed by atoms with van der Waals surface area (Å²) in [6.07, 6.45) is 3.60. The first-order valence-electron chi connectivity index (χ1n) is 6.67. The van der Waals surface area contributed by atoms with Crippen molar-refractivity contribution < 1.29 is 0 Å². The van der Waals surface area contributed by atoms with E-state index in [2.05, 4.69) is 39.7 Å². The smallest absolute Gasteiger partial charge is 0.127 e. The molecule has 100 valence electrons. The van der Waals surface area contributed by atoms with Crippen molar-refractivity contribution in [1.82, 2.24) is 9.97 Å². The van der Waals surface area contributed by atoms with Gasteiger partial charge in [-0.1, -0.05) is 6.07 Å². The maximum Gasteiger partial charge on any atom is 0.127 e. The van der Waals surface area contributed by atoms with Crippen molar-refractivity contribution in [2.75, 3.05) is 17.2 Å². The predicted octanol–water partition coefficient (Wildman–Crippen LogP) is 3.81. The highest BCUT2D eigenvalue weighted by Crippen LogP contribution is 2.22. The average Bonchev–Trinajstić information content (AvgIpc) is 2.48. The number of nitrogens with zero attached hydrogens (tertiary/aromatic N) is 2. The summed E-state index contributed by atoms with van der Waals surface area (Å²) >= 11 is 0. The lowest BCUT2D eigenvalue weighted by atomic mass is 10.2. The van der Waals surface area contributed by atoms with Crippen LogP contribution < -0.4 is 10.6 Å². The first kappa shape index (κ1) is 12.4. The summed E-state index contributed by atoms with van der Waals surface area (Å²) in [4.78, 5) is 8.58. The number of rotatable bonds is 4. The van der Waals surface area contributed by atoms with Crippen molar-refractivity contribution in [2.24, 2.45) is 0 Å². The Hall–Kier alpha value is -2.62. The molecule has 0 aliphatic carbocycles. The molecule has 2 N–H and O–H groups in total. The highest BCUT2D eigenvalue weighted by atomic mass is 15.0. The molecule has 0 bridgehead atoms. The van der Waals surface area contributed by atoms with Crippen molar-refractivity contribution in [3.05, 3.63) is 54.9 Å². The fourth-order valence-corrected chi connectivity index (χ4v) is 2.11. The van der Waals surface area contributed by atoms with Gasteiger partial charge in [-0.2, -0.15) is 0 Å². The molecular formula is C16H16N4. The number of anilines is 3. The van der Waals surface area contributed by atoms with Gasteiger partial charge >= 0.3 is 0 Å². The van der Waals surface area contributed by atoms with Crippen LogP contribution >= 0.6 is 0 Å². The maximum atomic E-state index is 4.32. The molecule has 2 heterocycles. The molecule has 1 aromatic carbocycles. The Morgan fingerprint density at radius 1 is 0.950 bits per heavy atom. The zero-order chi connectivity index (χ0) is 13.8. The van der Waals surface area contributed by atoms with Gasteiger partial charge in [0.2, 0.25) is 0 Å². The first-order chi connectivity index (χ1) is 9.85. The third-order valence-electron chi connectivity index (χ3n) is 3.01. The Kier molecular flexibility index (Phi) is 3.46. The molecule has 3 aromatic rings. The summed E-state index contributed by atoms with van der Waals surface area (Å²) in [5.74, 6) is 0.875. The Morgan fingerprint density at radius 2 is 1.85 bits per heavy atom. The van der Waals surface area contributed by atoms with E-state index in [0.29, 0.717) is 0 Å². The highest BCUT2D eigenvalue weighted by Gasteiger charge is 1.99. The van der Waals surface area contributed by atoms with Gasteiger partial charge in [0.15, 0.2) is 0 Å². The normalized spacial score (nSPS) is 10.4. The van der Waals surface area contributed by atoms with Gasteiger partial charge in [-0.15, -0.1) is 0 Å². The molecule has 0 saturated heterocycles. The van der Waals surface area contributed by atoms with E-state index < -0.39 is 0 Å². The summed E-state index contributed by atoms with van der Waals surface area (Å²) in [5, 5.41) is 7.71. The van der Waals surface area contributed by atoms with Crippen LogP contribution in [0.1, 0.15) is 6.92 Å². The van der Waals surface area contributed by atoms with Crippen molar-refractivity contribution in [2.45, 2.75) is 6.92 Å². The monoisotopic (exact) mass is 264 g/mol. The van der Waals surface area contributed by atoms with E-state index in [9.17, 15) is 0 Å². The van der Waals surface area contributed by atoms with E-state index in [1.54, 1.807) is 12.4 Å². The Morgan fingerprint density at radius 3 is 2.75 bits per heavy atom. The quantitative estimate of drug-likeness (QED) is 0.752. The molecule has 4 nitrogen and oxygen atoms in total. The minimum Gasteiger partial charge on any atom is -0.370 e. The number of aromatic nitrogens is 2. The molecule has 20 heavy (non-hydrogen) atoms. The van der Waals surface area contributed by atoms with Crippen LogP contribution in [0.4, 0.5) is 17.2 Å². The lowest BCUT2D eigenvalue weighted by molar-refractivity contribution is 1.16. The lowest BCUT2D eigenvalue weighted by Gasteiger charge is -2.09. The molecule has 0 amide bonds. The zero-order valence-corrected chi connectivity index (χ0v) is 11.3. The molecule has 0 aliphatic heterocycles. The van der Waals surface area contributed by atoms with E-state index in [1.165, 1.54) is 0 Å². The second kappa shape index (κ2) is 5.57. The summed E-state index contributed by atoms with van der Waals surface area (Å²) in [6.45, 7) is 2.91. The van der Waals surface area contributed by atoms with Crippen molar-refractivity contribution >= 4 is 28.1 Å². The molecule has 0 aliphatic rings. The van der Waals surface area contributed by atoms with Crippen LogP contribution in [0.25, 0.3) is 10.9 Å². The highest BCUT2D eigenvalue weighted by molar-refractivity contribution is 5.83. The van der Waals surface area contributed by atoms with E-state index >= 15 is 0 Å². The van der Waals surface area contributed by atoms with Crippen LogP contribution in [0, 0.1) is 0 Å². The summed E-state index contributed by atoms with van der Waals surface area (Å²) in [5.41, 5.74) is 3.06. The van der Waals surface area contributed by atoms with Crippen LogP contribution in [-0.4, -0.2) is 16.5 Å². The topological polar surface area (TPSA) is 49.8 Å². The fraction of sp³-hybridized carbons (Fsp3) is 0.125. The zero-order valence-electron chi connectivity index (χ0n) is 11.3. The van der Waals surface area contributed by atoms with Gasteiger partial charge in [-0.05, 0) is 37.3 Å². The molecule has 2 aromatic heterocycles. The van der Waals surface area contributed by atoms with Crippen LogP contribution in [0.2, 0.25) is 0 Å². The Labute approximate surface area is 117 Å². The minimum atomic E-state index is 0.859. The number of hydrogen-bond donors (Lipinski definition) is 2. The number of fused-ring (bicyclic) bond motifs is 1. The average molecular weight is 264 g/mol. The van der Waals surface area contributed by atoms with Crippen LogP contribution in [0.15, 0.2) is 54.9 Å². The second-order valence-corrected chi connectivity index (χ2v) is 4.50. The van der Waals surface area contributed by atoms with Crippen molar-refractivity contribution in [3.8, 4) is 0 Å². The third-order valence-corrected chi connectivity index (χ3v) is 3.01. The molecule has 0 unspecified atom stereocenters. The molecular weight excluding hydrogens is 248 g/mol. The summed E-state index contributed by atoms with van der Waals surface area (Å²) < 4.78 is 0. The van der Waals surface area contributed by atoms with Crippen molar-refractivity contribution in [3.63, 3.8) is 0 Å². The lowest BCUT2D eigenvalue weighted by Crippen LogP contribution is -1.99. The molecule has 0 radical (unpaired) electrons. The maximum absolute atomic E-state index is 4.32. The number of benzene rings is 1. The minimum absolute atomic E-state index is 0.859. The third kappa shape index (κ3) is 2.69. The standard InChI is InChI=1S/C16H16N4/c1-2-17-16-11-14(7-9-19-16)20-13-5-6-15-12(10-13)4-3-8-18-15/h3-11H,2H2,1H3,(H2,17,19,20). The molecule has 0 saturated carbocycles. The van der Waals surface area contributed by atoms with Crippen LogP contribution in [-0.2, 0) is 0 Å². The van der Waals surface area contributed by atoms with Gasteiger partial charge in [-0.25, -0.2) is 4.98 Å². The van der Waals surface area contributed by atoms with Crippen LogP contribution in [0.3, 0.4) is 0 Å². The molecule has 3 rings (SSSR count). The molecule has 0 atom stereocenters. The van der Waals surface area contributed by atoms with Gasteiger partial charge < -0.3 is 10.6 Å². The van der Waals surface area contributed by atoms with E-state index in [-0.39, 0.29) is 0 Å². The van der Waals surface area contributed by atoms with Gasteiger partial charge in [-0.3, -0.25) is 4.98 Å².